The second kappa shape index (κ2) is 3.99. The number of nitrogens with two attached hydrogens (primary N) is 1. The van der Waals surface area contributed by atoms with Crippen LogP contribution in [0.3, 0.4) is 0 Å². The molecule has 2 aliphatic rings. The first kappa shape index (κ1) is 12.4. The third-order valence-electron chi connectivity index (χ3n) is 4.91. The minimum atomic E-state index is 0.329. The van der Waals surface area contributed by atoms with Crippen LogP contribution in [0.5, 0.6) is 0 Å². The van der Waals surface area contributed by atoms with Crippen LogP contribution in [0.4, 0.5) is 0 Å². The van der Waals surface area contributed by atoms with Gasteiger partial charge in [0.1, 0.15) is 0 Å². The average Bonchev–Trinajstić information content (AvgIpc) is 2.41. The van der Waals surface area contributed by atoms with E-state index < -0.39 is 0 Å². The van der Waals surface area contributed by atoms with Crippen molar-refractivity contribution in [3.63, 3.8) is 0 Å². The molecule has 1 saturated heterocycles. The summed E-state index contributed by atoms with van der Waals surface area (Å²) in [6.07, 6.45) is 5.24. The highest BCUT2D eigenvalue weighted by Gasteiger charge is 2.46. The molecule has 94 valence electrons. The van der Waals surface area contributed by atoms with E-state index in [1.807, 2.05) is 0 Å². The van der Waals surface area contributed by atoms with Gasteiger partial charge in [-0.15, -0.1) is 0 Å². The fourth-order valence-corrected chi connectivity index (χ4v) is 3.81. The van der Waals surface area contributed by atoms with Gasteiger partial charge in [-0.25, -0.2) is 0 Å². The zero-order valence-corrected chi connectivity index (χ0v) is 11.4. The Morgan fingerprint density at radius 2 is 1.75 bits per heavy atom. The van der Waals surface area contributed by atoms with Crippen LogP contribution < -0.4 is 5.73 Å². The molecule has 1 aliphatic carbocycles. The molecule has 0 bridgehead atoms. The molecule has 1 saturated carbocycles. The third-order valence-corrected chi connectivity index (χ3v) is 4.91. The van der Waals surface area contributed by atoms with E-state index in [-0.39, 0.29) is 0 Å². The van der Waals surface area contributed by atoms with Crippen LogP contribution in [0.2, 0.25) is 0 Å². The number of hydrogen-bond donors (Lipinski definition) is 1. The van der Waals surface area contributed by atoms with Gasteiger partial charge in [0.05, 0.1) is 0 Å². The van der Waals surface area contributed by atoms with Gasteiger partial charge < -0.3 is 5.73 Å². The van der Waals surface area contributed by atoms with Gasteiger partial charge in [0.25, 0.3) is 0 Å². The van der Waals surface area contributed by atoms with Gasteiger partial charge in [-0.2, -0.15) is 0 Å². The van der Waals surface area contributed by atoms with Crippen LogP contribution in [0, 0.1) is 11.3 Å². The topological polar surface area (TPSA) is 29.3 Å². The van der Waals surface area contributed by atoms with Crippen LogP contribution in [0.1, 0.15) is 53.4 Å². The van der Waals surface area contributed by atoms with Crippen molar-refractivity contribution >= 4 is 0 Å². The summed E-state index contributed by atoms with van der Waals surface area (Å²) in [5.41, 5.74) is 7.19. The molecule has 2 fully saturated rings. The molecule has 1 spiro atoms. The lowest BCUT2D eigenvalue weighted by atomic mass is 9.73. The van der Waals surface area contributed by atoms with E-state index in [2.05, 4.69) is 32.6 Å². The number of nitrogens with zero attached hydrogens (tertiary/aromatic N) is 1. The highest BCUT2D eigenvalue weighted by Crippen LogP contribution is 2.48. The summed E-state index contributed by atoms with van der Waals surface area (Å²) < 4.78 is 0. The van der Waals surface area contributed by atoms with Gasteiger partial charge >= 0.3 is 0 Å². The lowest BCUT2D eigenvalue weighted by Crippen LogP contribution is -2.52. The molecule has 2 rings (SSSR count). The smallest absolute Gasteiger partial charge is 0.0125 e. The van der Waals surface area contributed by atoms with Crippen molar-refractivity contribution in [2.45, 2.75) is 65.0 Å². The normalized spacial score (nSPS) is 35.8. The van der Waals surface area contributed by atoms with Crippen LogP contribution in [0.15, 0.2) is 0 Å². The fraction of sp³-hybridized carbons (Fsp3) is 1.00. The molecule has 2 heteroatoms. The molecule has 2 N–H and O–H groups in total. The summed E-state index contributed by atoms with van der Waals surface area (Å²) in [6.45, 7) is 11.8. The predicted octanol–water partition coefficient (Wildman–Crippen LogP) is 2.62. The van der Waals surface area contributed by atoms with Crippen LogP contribution >= 0.6 is 0 Å². The monoisotopic (exact) mass is 224 g/mol. The number of rotatable bonds is 0. The number of hydrogen-bond acceptors (Lipinski definition) is 2. The Labute approximate surface area is 101 Å². The molecule has 2 atom stereocenters. The zero-order chi connectivity index (χ0) is 12.0. The van der Waals surface area contributed by atoms with Gasteiger partial charge in [-0.05, 0) is 70.9 Å². The lowest BCUT2D eigenvalue weighted by molar-refractivity contribution is 0.0366. The Bertz CT molecular complexity index is 246. The third kappa shape index (κ3) is 2.14. The van der Waals surface area contributed by atoms with Crippen molar-refractivity contribution in [1.82, 2.24) is 4.90 Å². The van der Waals surface area contributed by atoms with Gasteiger partial charge in [-0.3, -0.25) is 4.90 Å². The van der Waals surface area contributed by atoms with Gasteiger partial charge in [-0.1, -0.05) is 6.92 Å². The maximum Gasteiger partial charge on any atom is 0.0125 e. The lowest BCUT2D eigenvalue weighted by Gasteiger charge is -2.47. The molecule has 1 unspecified atom stereocenters. The molecule has 0 amide bonds. The van der Waals surface area contributed by atoms with Gasteiger partial charge in [0.2, 0.25) is 0 Å². The maximum atomic E-state index is 6.37. The Kier molecular flexibility index (Phi) is 3.09. The van der Waals surface area contributed by atoms with E-state index in [1.165, 1.54) is 38.8 Å². The minimum Gasteiger partial charge on any atom is -0.327 e. The summed E-state index contributed by atoms with van der Waals surface area (Å²) in [4.78, 5) is 2.62. The second-order valence-corrected chi connectivity index (χ2v) is 7.17. The van der Waals surface area contributed by atoms with E-state index in [0.717, 1.165) is 5.92 Å². The summed E-state index contributed by atoms with van der Waals surface area (Å²) in [5.74, 6) is 0.844. The Morgan fingerprint density at radius 3 is 2.12 bits per heavy atom. The molecular weight excluding hydrogens is 196 g/mol. The highest BCUT2D eigenvalue weighted by molar-refractivity contribution is 5.01. The van der Waals surface area contributed by atoms with Gasteiger partial charge in [0, 0.05) is 11.6 Å². The first-order valence-corrected chi connectivity index (χ1v) is 6.84. The van der Waals surface area contributed by atoms with E-state index in [1.54, 1.807) is 0 Å². The summed E-state index contributed by atoms with van der Waals surface area (Å²) in [7, 11) is 0. The van der Waals surface area contributed by atoms with Crippen molar-refractivity contribution in [2.24, 2.45) is 17.1 Å². The van der Waals surface area contributed by atoms with Crippen LogP contribution in [0.25, 0.3) is 0 Å². The summed E-state index contributed by atoms with van der Waals surface area (Å²) >= 11 is 0. The molecular formula is C14H28N2. The zero-order valence-electron chi connectivity index (χ0n) is 11.4. The maximum absolute atomic E-state index is 6.37. The molecule has 2 nitrogen and oxygen atoms in total. The molecule has 0 aromatic rings. The first-order valence-electron chi connectivity index (χ1n) is 6.84. The van der Waals surface area contributed by atoms with Crippen molar-refractivity contribution in [1.29, 1.82) is 0 Å². The van der Waals surface area contributed by atoms with E-state index in [0.29, 0.717) is 17.0 Å². The predicted molar refractivity (Wildman–Crippen MR) is 69.4 cm³/mol. The molecule has 0 aromatic heterocycles. The standard InChI is InChI=1S/C14H28N2/c1-11-9-12(15)14(10-11)5-7-16(8-6-14)13(2,3)4/h11-12H,5-10,15H2,1-4H3/t11?,12-/m1/s1. The average molecular weight is 224 g/mol. The van der Waals surface area contributed by atoms with E-state index in [9.17, 15) is 0 Å². The Hall–Kier alpha value is -0.0800. The van der Waals surface area contributed by atoms with E-state index >= 15 is 0 Å². The van der Waals surface area contributed by atoms with Gasteiger partial charge in [0.15, 0.2) is 0 Å². The van der Waals surface area contributed by atoms with Crippen molar-refractivity contribution in [3.05, 3.63) is 0 Å². The van der Waals surface area contributed by atoms with E-state index in [4.69, 9.17) is 5.73 Å². The van der Waals surface area contributed by atoms with Crippen molar-refractivity contribution < 1.29 is 0 Å². The molecule has 0 radical (unpaired) electrons. The SMILES string of the molecule is CC1C[C@@H](N)C2(CCN(C(C)(C)C)CC2)C1. The largest absolute Gasteiger partial charge is 0.327 e. The van der Waals surface area contributed by atoms with Crippen LogP contribution in [-0.4, -0.2) is 29.6 Å². The highest BCUT2D eigenvalue weighted by atomic mass is 15.2. The molecule has 1 aliphatic heterocycles. The number of piperidine rings is 1. The van der Waals surface area contributed by atoms with Crippen molar-refractivity contribution in [3.8, 4) is 0 Å². The summed E-state index contributed by atoms with van der Waals surface area (Å²) in [6, 6.07) is 0.463. The minimum absolute atomic E-state index is 0.329. The quantitative estimate of drug-likeness (QED) is 0.685. The second-order valence-electron chi connectivity index (χ2n) is 7.17. The molecule has 1 heterocycles. The van der Waals surface area contributed by atoms with Crippen LogP contribution in [-0.2, 0) is 0 Å². The molecule has 0 aromatic carbocycles. The number of likely N-dealkylation sites (tertiary alicyclic amines) is 1. The summed E-state index contributed by atoms with van der Waals surface area (Å²) in [5, 5.41) is 0. The Morgan fingerprint density at radius 1 is 1.19 bits per heavy atom. The van der Waals surface area contributed by atoms with Crippen molar-refractivity contribution in [2.75, 3.05) is 13.1 Å². The fourth-order valence-electron chi connectivity index (χ4n) is 3.81. The molecule has 16 heavy (non-hydrogen) atoms. The Balaban J connectivity index is 1.99. The first-order chi connectivity index (χ1) is 7.33.